The molecule has 0 radical (unpaired) electrons. The zero-order valence-electron chi connectivity index (χ0n) is 7.83. The van der Waals surface area contributed by atoms with Gasteiger partial charge < -0.3 is 5.32 Å². The first kappa shape index (κ1) is 8.73. The summed E-state index contributed by atoms with van der Waals surface area (Å²) >= 11 is 6.10. The Morgan fingerprint density at radius 3 is 3.20 bits per heavy atom. The van der Waals surface area contributed by atoms with E-state index in [0.29, 0.717) is 17.1 Å². The summed E-state index contributed by atoms with van der Waals surface area (Å²) in [6, 6.07) is 5.39. The van der Waals surface area contributed by atoms with Crippen molar-refractivity contribution in [3.05, 3.63) is 33.7 Å². The highest BCUT2D eigenvalue weighted by Crippen LogP contribution is 2.29. The summed E-state index contributed by atoms with van der Waals surface area (Å²) in [5, 5.41) is 4.62. The smallest absolute Gasteiger partial charge is 0.349 e. The number of rotatable bonds is 0. The van der Waals surface area contributed by atoms with Crippen LogP contribution in [-0.4, -0.2) is 16.1 Å². The quantitative estimate of drug-likeness (QED) is 0.733. The number of nitrogens with zero attached hydrogens (tertiary/aromatic N) is 2. The fourth-order valence-electron chi connectivity index (χ4n) is 1.91. The third kappa shape index (κ3) is 1.15. The minimum Gasteiger partial charge on any atom is -0.369 e. The molecule has 0 spiro atoms. The van der Waals surface area contributed by atoms with Crippen LogP contribution >= 0.6 is 11.6 Å². The second-order valence-electron chi connectivity index (χ2n) is 3.46. The molecule has 15 heavy (non-hydrogen) atoms. The molecule has 1 aromatic heterocycles. The van der Waals surface area contributed by atoms with Crippen molar-refractivity contribution < 1.29 is 0 Å². The number of hydrogen-bond donors (Lipinski definition) is 1. The van der Waals surface area contributed by atoms with Crippen molar-refractivity contribution in [2.45, 2.75) is 6.54 Å². The normalized spacial score (nSPS) is 13.9. The first-order valence-corrected chi connectivity index (χ1v) is 5.08. The van der Waals surface area contributed by atoms with Crippen LogP contribution in [0, 0.1) is 0 Å². The molecule has 1 aliphatic rings. The summed E-state index contributed by atoms with van der Waals surface area (Å²) < 4.78 is 1.62. The Morgan fingerprint density at radius 1 is 1.47 bits per heavy atom. The molecule has 0 amide bonds. The number of halogens is 1. The van der Waals surface area contributed by atoms with Crippen molar-refractivity contribution in [1.29, 1.82) is 0 Å². The molecule has 2 heterocycles. The van der Waals surface area contributed by atoms with Crippen molar-refractivity contribution in [3.8, 4) is 0 Å². The van der Waals surface area contributed by atoms with Gasteiger partial charge in [-0.3, -0.25) is 4.57 Å². The van der Waals surface area contributed by atoms with Gasteiger partial charge in [0.2, 0.25) is 0 Å². The molecule has 3 rings (SSSR count). The first-order chi connectivity index (χ1) is 7.27. The minimum absolute atomic E-state index is 0.218. The van der Waals surface area contributed by atoms with Crippen molar-refractivity contribution in [3.63, 3.8) is 0 Å². The highest BCUT2D eigenvalue weighted by Gasteiger charge is 2.17. The van der Waals surface area contributed by atoms with E-state index in [-0.39, 0.29) is 5.69 Å². The van der Waals surface area contributed by atoms with Gasteiger partial charge in [-0.2, -0.15) is 4.98 Å². The van der Waals surface area contributed by atoms with Crippen LogP contribution in [-0.2, 0) is 6.54 Å². The van der Waals surface area contributed by atoms with E-state index < -0.39 is 0 Å². The van der Waals surface area contributed by atoms with Gasteiger partial charge in [0.05, 0.1) is 15.9 Å². The molecule has 2 aromatic rings. The largest absolute Gasteiger partial charge is 0.369 e. The second kappa shape index (κ2) is 2.97. The standard InChI is InChI=1S/C10H8ClN3O/c11-6-2-1-3-7-8(6)9-12-4-5-14(9)10(15)13-7/h1-3,12H,4-5H2. The van der Waals surface area contributed by atoms with Crippen LogP contribution in [0.4, 0.5) is 5.82 Å². The summed E-state index contributed by atoms with van der Waals surface area (Å²) in [5.74, 6) is 0.788. The Labute approximate surface area is 90.5 Å². The van der Waals surface area contributed by atoms with Crippen LogP contribution in [0.3, 0.4) is 0 Å². The van der Waals surface area contributed by atoms with Crippen LogP contribution in [0.2, 0.25) is 5.02 Å². The van der Waals surface area contributed by atoms with Gasteiger partial charge in [-0.1, -0.05) is 17.7 Å². The molecule has 1 aromatic carbocycles. The Bertz CT molecular complexity index is 605. The predicted molar refractivity (Wildman–Crippen MR) is 59.5 cm³/mol. The molecule has 0 atom stereocenters. The van der Waals surface area contributed by atoms with Crippen LogP contribution in [0.1, 0.15) is 0 Å². The average Bonchev–Trinajstić information content (AvgIpc) is 2.66. The Balaban J connectivity index is 2.55. The van der Waals surface area contributed by atoms with Crippen LogP contribution in [0.5, 0.6) is 0 Å². The number of benzene rings is 1. The SMILES string of the molecule is O=c1nc2cccc(Cl)c2c2n1CCN2. The number of nitrogens with one attached hydrogen (secondary N) is 1. The second-order valence-corrected chi connectivity index (χ2v) is 3.86. The summed E-state index contributed by atoms with van der Waals surface area (Å²) in [5.41, 5.74) is 0.429. The van der Waals surface area contributed by atoms with Crippen molar-refractivity contribution in [2.24, 2.45) is 0 Å². The Kier molecular flexibility index (Phi) is 1.73. The maximum absolute atomic E-state index is 11.6. The third-order valence-corrected chi connectivity index (χ3v) is 2.89. The zero-order valence-corrected chi connectivity index (χ0v) is 8.58. The topological polar surface area (TPSA) is 46.9 Å². The molecule has 0 saturated heterocycles. The van der Waals surface area contributed by atoms with E-state index in [1.54, 1.807) is 22.8 Å². The molecular weight excluding hydrogens is 214 g/mol. The van der Waals surface area contributed by atoms with Gasteiger partial charge in [-0.15, -0.1) is 0 Å². The van der Waals surface area contributed by atoms with Gasteiger partial charge in [0.25, 0.3) is 0 Å². The van der Waals surface area contributed by atoms with Gasteiger partial charge in [0, 0.05) is 13.1 Å². The van der Waals surface area contributed by atoms with Crippen LogP contribution < -0.4 is 11.0 Å². The Morgan fingerprint density at radius 2 is 2.33 bits per heavy atom. The lowest BCUT2D eigenvalue weighted by atomic mass is 10.2. The molecule has 4 nitrogen and oxygen atoms in total. The summed E-state index contributed by atoms with van der Waals surface area (Å²) in [4.78, 5) is 15.6. The maximum atomic E-state index is 11.6. The molecule has 0 saturated carbocycles. The van der Waals surface area contributed by atoms with Crippen LogP contribution in [0.15, 0.2) is 23.0 Å². The van der Waals surface area contributed by atoms with Crippen LogP contribution in [0.25, 0.3) is 10.9 Å². The number of anilines is 1. The molecule has 5 heteroatoms. The molecule has 0 unspecified atom stereocenters. The summed E-state index contributed by atoms with van der Waals surface area (Å²) in [7, 11) is 0. The number of aromatic nitrogens is 2. The summed E-state index contributed by atoms with van der Waals surface area (Å²) in [6.45, 7) is 1.41. The van der Waals surface area contributed by atoms with E-state index in [0.717, 1.165) is 17.7 Å². The Hall–Kier alpha value is -1.55. The highest BCUT2D eigenvalue weighted by atomic mass is 35.5. The molecule has 0 aliphatic carbocycles. The fourth-order valence-corrected chi connectivity index (χ4v) is 2.17. The predicted octanol–water partition coefficient (Wildman–Crippen LogP) is 1.48. The molecule has 0 bridgehead atoms. The monoisotopic (exact) mass is 221 g/mol. The fraction of sp³-hybridized carbons (Fsp3) is 0.200. The van der Waals surface area contributed by atoms with Gasteiger partial charge in [0.1, 0.15) is 5.82 Å². The molecular formula is C10H8ClN3O. The van der Waals surface area contributed by atoms with E-state index >= 15 is 0 Å². The van der Waals surface area contributed by atoms with E-state index in [4.69, 9.17) is 11.6 Å². The minimum atomic E-state index is -0.218. The lowest BCUT2D eigenvalue weighted by Crippen LogP contribution is -2.20. The third-order valence-electron chi connectivity index (χ3n) is 2.57. The van der Waals surface area contributed by atoms with E-state index in [2.05, 4.69) is 10.3 Å². The molecule has 0 fully saturated rings. The van der Waals surface area contributed by atoms with E-state index in [1.807, 2.05) is 0 Å². The zero-order chi connectivity index (χ0) is 10.4. The lowest BCUT2D eigenvalue weighted by molar-refractivity contribution is 0.750. The van der Waals surface area contributed by atoms with Gasteiger partial charge in [-0.25, -0.2) is 4.79 Å². The summed E-state index contributed by atoms with van der Waals surface area (Å²) in [6.07, 6.45) is 0. The van der Waals surface area contributed by atoms with Gasteiger partial charge in [-0.05, 0) is 12.1 Å². The lowest BCUT2D eigenvalue weighted by Gasteiger charge is -2.06. The van der Waals surface area contributed by atoms with E-state index in [9.17, 15) is 4.79 Å². The molecule has 1 aliphatic heterocycles. The van der Waals surface area contributed by atoms with Gasteiger partial charge in [0.15, 0.2) is 0 Å². The van der Waals surface area contributed by atoms with Crippen molar-refractivity contribution in [2.75, 3.05) is 11.9 Å². The molecule has 76 valence electrons. The maximum Gasteiger partial charge on any atom is 0.349 e. The van der Waals surface area contributed by atoms with Crippen molar-refractivity contribution >= 4 is 28.3 Å². The number of fused-ring (bicyclic) bond motifs is 3. The van der Waals surface area contributed by atoms with E-state index in [1.165, 1.54) is 0 Å². The first-order valence-electron chi connectivity index (χ1n) is 4.70. The molecule has 1 N–H and O–H groups in total. The number of hydrogen-bond acceptors (Lipinski definition) is 3. The van der Waals surface area contributed by atoms with Gasteiger partial charge >= 0.3 is 5.69 Å². The highest BCUT2D eigenvalue weighted by molar-refractivity contribution is 6.36. The van der Waals surface area contributed by atoms with Crippen molar-refractivity contribution in [1.82, 2.24) is 9.55 Å². The average molecular weight is 222 g/mol.